The minimum Gasteiger partial charge on any atom is -0.352 e. The number of carbonyl (C=O) groups is 1. The molecule has 1 aromatic carbocycles. The molecule has 110 valence electrons. The van der Waals surface area contributed by atoms with Gasteiger partial charge >= 0.3 is 0 Å². The number of amides is 1. The van der Waals surface area contributed by atoms with E-state index in [2.05, 4.69) is 10.3 Å². The Morgan fingerprint density at radius 3 is 2.86 bits per heavy atom. The van der Waals surface area contributed by atoms with Crippen molar-refractivity contribution in [3.63, 3.8) is 0 Å². The van der Waals surface area contributed by atoms with Gasteiger partial charge in [0.1, 0.15) is 0 Å². The molecule has 0 atom stereocenters. The Hall–Kier alpha value is -1.99. The Morgan fingerprint density at radius 1 is 1.52 bits per heavy atom. The highest BCUT2D eigenvalue weighted by molar-refractivity contribution is 7.09. The summed E-state index contributed by atoms with van der Waals surface area (Å²) in [5.74, 6) is -0.359. The number of benzene rings is 1. The number of thiazole rings is 1. The van der Waals surface area contributed by atoms with Gasteiger partial charge in [-0.3, -0.25) is 14.9 Å². The minimum absolute atomic E-state index is 0.0613. The number of nitro benzene ring substituents is 1. The van der Waals surface area contributed by atoms with Crippen LogP contribution in [0.4, 0.5) is 5.69 Å². The number of carbonyl (C=O) groups excluding carboxylic acids is 1. The van der Waals surface area contributed by atoms with Crippen LogP contribution in [0.1, 0.15) is 21.1 Å². The van der Waals surface area contributed by atoms with Crippen LogP contribution in [-0.4, -0.2) is 22.4 Å². The van der Waals surface area contributed by atoms with Crippen LogP contribution in [-0.2, 0) is 6.42 Å². The molecule has 1 heterocycles. The van der Waals surface area contributed by atoms with E-state index in [-0.39, 0.29) is 22.2 Å². The van der Waals surface area contributed by atoms with E-state index in [4.69, 9.17) is 11.6 Å². The van der Waals surface area contributed by atoms with E-state index >= 15 is 0 Å². The molecule has 0 bridgehead atoms. The normalized spacial score (nSPS) is 10.4. The third kappa shape index (κ3) is 3.99. The fourth-order valence-electron chi connectivity index (χ4n) is 1.72. The number of hydrogen-bond donors (Lipinski definition) is 1. The molecule has 1 N–H and O–H groups in total. The third-order valence-corrected chi connectivity index (χ3v) is 3.88. The molecule has 6 nitrogen and oxygen atoms in total. The number of nitrogens with one attached hydrogen (secondary N) is 1. The molecule has 0 saturated carbocycles. The summed E-state index contributed by atoms with van der Waals surface area (Å²) in [6, 6.07) is 3.77. The van der Waals surface area contributed by atoms with Crippen molar-refractivity contribution >= 4 is 34.5 Å². The van der Waals surface area contributed by atoms with Crippen LogP contribution in [0.3, 0.4) is 0 Å². The summed E-state index contributed by atoms with van der Waals surface area (Å²) in [5, 5.41) is 16.3. The van der Waals surface area contributed by atoms with Crippen LogP contribution in [0.25, 0.3) is 0 Å². The summed E-state index contributed by atoms with van der Waals surface area (Å²) >= 11 is 7.45. The van der Waals surface area contributed by atoms with Gasteiger partial charge in [-0.1, -0.05) is 11.6 Å². The summed E-state index contributed by atoms with van der Waals surface area (Å²) in [4.78, 5) is 26.3. The van der Waals surface area contributed by atoms with Gasteiger partial charge in [-0.05, 0) is 13.0 Å². The summed E-state index contributed by atoms with van der Waals surface area (Å²) in [5.41, 5.74) is 0.999. The largest absolute Gasteiger partial charge is 0.352 e. The van der Waals surface area contributed by atoms with Crippen molar-refractivity contribution in [1.82, 2.24) is 10.3 Å². The first kappa shape index (κ1) is 15.4. The van der Waals surface area contributed by atoms with Gasteiger partial charge in [0.05, 0.1) is 26.2 Å². The zero-order valence-corrected chi connectivity index (χ0v) is 12.7. The van der Waals surface area contributed by atoms with Crippen molar-refractivity contribution in [2.24, 2.45) is 0 Å². The van der Waals surface area contributed by atoms with E-state index in [1.54, 1.807) is 11.3 Å². The lowest BCUT2D eigenvalue weighted by Crippen LogP contribution is -2.26. The molecule has 1 amide bonds. The molecule has 0 aliphatic rings. The molecule has 21 heavy (non-hydrogen) atoms. The Kier molecular flexibility index (Phi) is 4.87. The van der Waals surface area contributed by atoms with Gasteiger partial charge in [-0.2, -0.15) is 0 Å². The number of rotatable bonds is 5. The van der Waals surface area contributed by atoms with E-state index in [0.29, 0.717) is 13.0 Å². The second-order valence-electron chi connectivity index (χ2n) is 4.29. The molecule has 0 radical (unpaired) electrons. The smallest absolute Gasteiger partial charge is 0.270 e. The lowest BCUT2D eigenvalue weighted by molar-refractivity contribution is -0.384. The quantitative estimate of drug-likeness (QED) is 0.676. The molecule has 0 unspecified atom stereocenters. The number of hydrogen-bond acceptors (Lipinski definition) is 5. The summed E-state index contributed by atoms with van der Waals surface area (Å²) in [6.45, 7) is 2.35. The van der Waals surface area contributed by atoms with E-state index in [1.807, 2.05) is 12.3 Å². The van der Waals surface area contributed by atoms with Crippen LogP contribution >= 0.6 is 22.9 Å². The second kappa shape index (κ2) is 6.64. The highest BCUT2D eigenvalue weighted by Gasteiger charge is 2.14. The molecule has 0 saturated heterocycles. The van der Waals surface area contributed by atoms with E-state index in [1.165, 1.54) is 18.2 Å². The van der Waals surface area contributed by atoms with Crippen molar-refractivity contribution in [1.29, 1.82) is 0 Å². The number of aryl methyl sites for hydroxylation is 1. The lowest BCUT2D eigenvalue weighted by atomic mass is 10.2. The average Bonchev–Trinajstić information content (AvgIpc) is 2.84. The lowest BCUT2D eigenvalue weighted by Gasteiger charge is -2.05. The summed E-state index contributed by atoms with van der Waals surface area (Å²) < 4.78 is 0. The molecule has 0 aliphatic carbocycles. The molecular formula is C13H12ClN3O3S. The highest BCUT2D eigenvalue weighted by atomic mass is 35.5. The fourth-order valence-corrected chi connectivity index (χ4v) is 2.63. The zero-order valence-electron chi connectivity index (χ0n) is 11.1. The topological polar surface area (TPSA) is 85.1 Å². The number of halogens is 1. The zero-order chi connectivity index (χ0) is 15.4. The van der Waals surface area contributed by atoms with Crippen molar-refractivity contribution in [3.8, 4) is 0 Å². The van der Waals surface area contributed by atoms with Gasteiger partial charge in [-0.15, -0.1) is 11.3 Å². The number of non-ortho nitro benzene ring substituents is 1. The Morgan fingerprint density at radius 2 is 2.29 bits per heavy atom. The Labute approximate surface area is 129 Å². The Bertz CT molecular complexity index is 687. The SMILES string of the molecule is Cc1nc(CCNC(=O)c2ccc([N+](=O)[O-])cc2Cl)cs1. The Balaban J connectivity index is 1.95. The second-order valence-corrected chi connectivity index (χ2v) is 5.75. The molecular weight excluding hydrogens is 314 g/mol. The fraction of sp³-hybridized carbons (Fsp3) is 0.231. The van der Waals surface area contributed by atoms with Crippen molar-refractivity contribution < 1.29 is 9.72 Å². The predicted octanol–water partition coefficient (Wildman–Crippen LogP) is 2.99. The highest BCUT2D eigenvalue weighted by Crippen LogP contribution is 2.22. The molecule has 0 fully saturated rings. The van der Waals surface area contributed by atoms with Crippen LogP contribution in [0.5, 0.6) is 0 Å². The van der Waals surface area contributed by atoms with Crippen molar-refractivity contribution in [3.05, 3.63) is 55.0 Å². The number of nitro groups is 1. The number of nitrogens with zero attached hydrogens (tertiary/aromatic N) is 2. The van der Waals surface area contributed by atoms with E-state index in [0.717, 1.165) is 10.7 Å². The van der Waals surface area contributed by atoms with E-state index in [9.17, 15) is 14.9 Å². The van der Waals surface area contributed by atoms with Gasteiger partial charge < -0.3 is 5.32 Å². The minimum atomic E-state index is -0.557. The average molecular weight is 326 g/mol. The van der Waals surface area contributed by atoms with Crippen LogP contribution in [0, 0.1) is 17.0 Å². The van der Waals surface area contributed by atoms with Crippen molar-refractivity contribution in [2.45, 2.75) is 13.3 Å². The van der Waals surface area contributed by atoms with Gasteiger partial charge in [0.15, 0.2) is 0 Å². The van der Waals surface area contributed by atoms with Gasteiger partial charge in [0.25, 0.3) is 11.6 Å². The maximum absolute atomic E-state index is 12.0. The van der Waals surface area contributed by atoms with E-state index < -0.39 is 4.92 Å². The molecule has 8 heteroatoms. The molecule has 1 aromatic heterocycles. The monoisotopic (exact) mass is 325 g/mol. The first-order valence-electron chi connectivity index (χ1n) is 6.10. The predicted molar refractivity (Wildman–Crippen MR) is 81.0 cm³/mol. The summed E-state index contributed by atoms with van der Waals surface area (Å²) in [7, 11) is 0. The van der Waals surface area contributed by atoms with Gasteiger partial charge in [-0.25, -0.2) is 4.98 Å². The van der Waals surface area contributed by atoms with Crippen LogP contribution in [0.2, 0.25) is 5.02 Å². The molecule has 0 aliphatic heterocycles. The van der Waals surface area contributed by atoms with Gasteiger partial charge in [0.2, 0.25) is 0 Å². The molecule has 2 aromatic rings. The first-order valence-corrected chi connectivity index (χ1v) is 7.36. The maximum Gasteiger partial charge on any atom is 0.270 e. The number of aromatic nitrogens is 1. The van der Waals surface area contributed by atoms with Gasteiger partial charge in [0, 0.05) is 30.5 Å². The molecule has 2 rings (SSSR count). The maximum atomic E-state index is 12.0. The molecule has 0 spiro atoms. The summed E-state index contributed by atoms with van der Waals surface area (Å²) in [6.07, 6.45) is 0.626. The van der Waals surface area contributed by atoms with Crippen LogP contribution < -0.4 is 5.32 Å². The standard InChI is InChI=1S/C13H12ClN3O3S/c1-8-16-9(7-21-8)4-5-15-13(18)11-3-2-10(17(19)20)6-12(11)14/h2-3,6-7H,4-5H2,1H3,(H,15,18). The van der Waals surface area contributed by atoms with Crippen LogP contribution in [0.15, 0.2) is 23.6 Å². The first-order chi connectivity index (χ1) is 9.97. The van der Waals surface area contributed by atoms with Crippen molar-refractivity contribution in [2.75, 3.05) is 6.54 Å². The third-order valence-electron chi connectivity index (χ3n) is 2.74.